The van der Waals surface area contributed by atoms with Crippen molar-refractivity contribution in [2.75, 3.05) is 0 Å². The molecule has 0 radical (unpaired) electrons. The third kappa shape index (κ3) is 3.25. The number of aliphatic imine (C=N–C) groups is 2. The monoisotopic (exact) mass is 450 g/mol. The molecule has 0 aromatic carbocycles. The molecule has 9 aliphatic rings. The number of rotatable bonds is 2. The first-order chi connectivity index (χ1) is 15.7. The first-order valence-electron chi connectivity index (χ1n) is 13.5. The summed E-state index contributed by atoms with van der Waals surface area (Å²) in [6, 6.07) is 0. The van der Waals surface area contributed by atoms with Crippen molar-refractivity contribution in [1.29, 1.82) is 0 Å². The lowest BCUT2D eigenvalue weighted by atomic mass is 9.49. The van der Waals surface area contributed by atoms with E-state index in [2.05, 4.69) is 10.6 Å². The van der Waals surface area contributed by atoms with Gasteiger partial charge in [-0.15, -0.1) is 0 Å². The van der Waals surface area contributed by atoms with E-state index >= 15 is 0 Å². The minimum absolute atomic E-state index is 0.120. The average Bonchev–Trinajstić information content (AvgIpc) is 2.98. The summed E-state index contributed by atoms with van der Waals surface area (Å²) in [5.41, 5.74) is -1.13. The lowest BCUT2D eigenvalue weighted by Crippen LogP contribution is -2.58. The van der Waals surface area contributed by atoms with Crippen LogP contribution in [0.3, 0.4) is 0 Å². The van der Waals surface area contributed by atoms with Gasteiger partial charge in [-0.05, 0) is 126 Å². The molecule has 8 fully saturated rings. The molecule has 0 spiro atoms. The van der Waals surface area contributed by atoms with Crippen LogP contribution in [-0.4, -0.2) is 29.1 Å². The lowest BCUT2D eigenvalue weighted by Gasteiger charge is -2.55. The number of nitrogens with zero attached hydrogens (tertiary/aromatic N) is 2. The van der Waals surface area contributed by atoms with Gasteiger partial charge in [0.1, 0.15) is 5.66 Å². The van der Waals surface area contributed by atoms with Crippen LogP contribution in [0.5, 0.6) is 0 Å². The Hall–Kier alpha value is -1.72. The molecule has 0 saturated heterocycles. The molecule has 0 aromatic rings. The molecule has 0 atom stereocenters. The van der Waals surface area contributed by atoms with Gasteiger partial charge in [0.05, 0.1) is 10.8 Å². The Kier molecular flexibility index (Phi) is 4.19. The molecule has 9 rings (SSSR count). The molecule has 2 amide bonds. The van der Waals surface area contributed by atoms with Crippen LogP contribution >= 0.6 is 0 Å². The number of amides is 2. The number of carbonyl (C=O) groups is 2. The van der Waals surface area contributed by atoms with Crippen LogP contribution < -0.4 is 10.6 Å². The largest absolute Gasteiger partial charge is 0.307 e. The second-order valence-electron chi connectivity index (χ2n) is 13.7. The van der Waals surface area contributed by atoms with Gasteiger partial charge in [0.15, 0.2) is 11.7 Å². The van der Waals surface area contributed by atoms with Gasteiger partial charge in [0.2, 0.25) is 11.8 Å². The van der Waals surface area contributed by atoms with Crippen LogP contribution in [0.2, 0.25) is 0 Å². The smallest absolute Gasteiger partial charge is 0.231 e. The Morgan fingerprint density at radius 3 is 1.15 bits per heavy atom. The van der Waals surface area contributed by atoms with Crippen LogP contribution in [-0.2, 0) is 9.59 Å². The third-order valence-corrected chi connectivity index (χ3v) is 10.5. The highest BCUT2D eigenvalue weighted by molar-refractivity contribution is 6.46. The zero-order chi connectivity index (χ0) is 22.6. The molecule has 0 aromatic heterocycles. The summed E-state index contributed by atoms with van der Waals surface area (Å²) in [5.74, 6) is 5.50. The quantitative estimate of drug-likeness (QED) is 0.661. The van der Waals surface area contributed by atoms with Gasteiger partial charge >= 0.3 is 0 Å². The van der Waals surface area contributed by atoms with Gasteiger partial charge < -0.3 is 10.6 Å². The van der Waals surface area contributed by atoms with Crippen molar-refractivity contribution in [3.63, 3.8) is 0 Å². The molecule has 6 nitrogen and oxygen atoms in total. The standard InChI is InChI=1S/C27H38N4O2/c1-25(2)30-21(28-23(32)26-9-15-3-16(10-26)5-17(4-15)11-26)22(31-25)29-24(33)27-12-18-6-19(13-27)8-20(7-18)14-27/h15-20H,3-14H2,1-2H3,(H,28,30,32)(H,29,31,33). The van der Waals surface area contributed by atoms with E-state index in [9.17, 15) is 9.59 Å². The van der Waals surface area contributed by atoms with Crippen LogP contribution in [0.25, 0.3) is 0 Å². The molecule has 33 heavy (non-hydrogen) atoms. The van der Waals surface area contributed by atoms with E-state index in [4.69, 9.17) is 9.98 Å². The molecule has 2 N–H and O–H groups in total. The summed E-state index contributed by atoms with van der Waals surface area (Å²) in [4.78, 5) is 36.8. The van der Waals surface area contributed by atoms with E-state index in [-0.39, 0.29) is 22.6 Å². The van der Waals surface area contributed by atoms with Gasteiger partial charge in [-0.3, -0.25) is 9.59 Å². The van der Waals surface area contributed by atoms with Crippen LogP contribution in [0.15, 0.2) is 9.98 Å². The Labute approximate surface area is 196 Å². The molecule has 178 valence electrons. The number of amidine groups is 2. The maximum absolute atomic E-state index is 13.7. The summed E-state index contributed by atoms with van der Waals surface area (Å²) in [5, 5.41) is 6.37. The first-order valence-corrected chi connectivity index (χ1v) is 13.5. The minimum Gasteiger partial charge on any atom is -0.307 e. The number of hydrogen-bond donors (Lipinski definition) is 2. The van der Waals surface area contributed by atoms with Gasteiger partial charge in [0.25, 0.3) is 0 Å². The first kappa shape index (κ1) is 20.6. The Morgan fingerprint density at radius 1 is 0.606 bits per heavy atom. The van der Waals surface area contributed by atoms with Crippen LogP contribution in [0, 0.1) is 46.3 Å². The van der Waals surface area contributed by atoms with Crippen molar-refractivity contribution >= 4 is 23.5 Å². The second-order valence-corrected chi connectivity index (χ2v) is 13.7. The molecular formula is C27H38N4O2. The highest BCUT2D eigenvalue weighted by Crippen LogP contribution is 2.61. The second kappa shape index (κ2) is 6.69. The van der Waals surface area contributed by atoms with E-state index in [1.165, 1.54) is 38.5 Å². The zero-order valence-corrected chi connectivity index (χ0v) is 20.2. The van der Waals surface area contributed by atoms with Crippen molar-refractivity contribution in [1.82, 2.24) is 10.6 Å². The SMILES string of the molecule is CC1(C)N=C(NC(=O)C23CC4CC(CC(C4)C2)C3)C(NC(=O)C23CC4CC(CC(C4)C2)C3)=N1. The maximum atomic E-state index is 13.7. The number of nitrogens with one attached hydrogen (secondary N) is 2. The molecule has 1 heterocycles. The molecule has 8 aliphatic carbocycles. The van der Waals surface area contributed by atoms with E-state index in [0.29, 0.717) is 47.2 Å². The maximum Gasteiger partial charge on any atom is 0.231 e. The summed E-state index contributed by atoms with van der Waals surface area (Å²) in [6.45, 7) is 3.88. The molecule has 6 heteroatoms. The van der Waals surface area contributed by atoms with Crippen molar-refractivity contribution in [3.05, 3.63) is 0 Å². The highest BCUT2D eigenvalue weighted by atomic mass is 16.2. The molecule has 8 saturated carbocycles. The van der Waals surface area contributed by atoms with Gasteiger partial charge in [-0.25, -0.2) is 9.98 Å². The summed E-state index contributed by atoms with van der Waals surface area (Å²) in [7, 11) is 0. The van der Waals surface area contributed by atoms with Gasteiger partial charge in [-0.2, -0.15) is 0 Å². The third-order valence-electron chi connectivity index (χ3n) is 10.5. The topological polar surface area (TPSA) is 82.9 Å². The van der Waals surface area contributed by atoms with E-state index in [0.717, 1.165) is 38.5 Å². The Bertz CT molecular complexity index is 830. The van der Waals surface area contributed by atoms with Crippen LogP contribution in [0.1, 0.15) is 90.9 Å². The predicted octanol–water partition coefficient (Wildman–Crippen LogP) is 4.20. The fraction of sp³-hybridized carbons (Fsp3) is 0.852. The zero-order valence-electron chi connectivity index (χ0n) is 20.2. The van der Waals surface area contributed by atoms with Crippen molar-refractivity contribution in [2.45, 2.75) is 96.6 Å². The average molecular weight is 451 g/mol. The Balaban J connectivity index is 1.10. The van der Waals surface area contributed by atoms with Crippen molar-refractivity contribution in [3.8, 4) is 0 Å². The van der Waals surface area contributed by atoms with E-state index in [1.54, 1.807) is 0 Å². The van der Waals surface area contributed by atoms with Gasteiger partial charge in [0, 0.05) is 0 Å². The van der Waals surface area contributed by atoms with Crippen molar-refractivity contribution in [2.24, 2.45) is 56.3 Å². The fourth-order valence-corrected chi connectivity index (χ4v) is 10.1. The van der Waals surface area contributed by atoms with E-state index < -0.39 is 5.66 Å². The number of hydrogen-bond acceptors (Lipinski definition) is 4. The Morgan fingerprint density at radius 2 is 0.879 bits per heavy atom. The van der Waals surface area contributed by atoms with Crippen LogP contribution in [0.4, 0.5) is 0 Å². The normalized spacial score (nSPS) is 47.9. The summed E-state index contributed by atoms with van der Waals surface area (Å²) < 4.78 is 0. The number of carbonyl (C=O) groups excluding carboxylic acids is 2. The van der Waals surface area contributed by atoms with Crippen molar-refractivity contribution < 1.29 is 9.59 Å². The molecule has 8 bridgehead atoms. The fourth-order valence-electron chi connectivity index (χ4n) is 10.1. The predicted molar refractivity (Wildman–Crippen MR) is 126 cm³/mol. The van der Waals surface area contributed by atoms with Gasteiger partial charge in [-0.1, -0.05) is 0 Å². The highest BCUT2D eigenvalue weighted by Gasteiger charge is 2.56. The molecular weight excluding hydrogens is 412 g/mol. The minimum atomic E-state index is -0.659. The summed E-state index contributed by atoms with van der Waals surface area (Å²) >= 11 is 0. The molecule has 0 unspecified atom stereocenters. The summed E-state index contributed by atoms with van der Waals surface area (Å²) in [6.07, 6.45) is 14.0. The van der Waals surface area contributed by atoms with E-state index in [1.807, 2.05) is 13.8 Å². The molecule has 1 aliphatic heterocycles. The lowest BCUT2D eigenvalue weighted by molar-refractivity contribution is -0.145.